The number of methoxy groups -OCH3 is 1. The highest BCUT2D eigenvalue weighted by atomic mass is 19.4. The van der Waals surface area contributed by atoms with Gasteiger partial charge in [-0.25, -0.2) is 4.79 Å². The number of likely N-dealkylation sites (N-methyl/N-ethyl adjacent to an activating group) is 1. The predicted octanol–water partition coefficient (Wildman–Crippen LogP) is 7.29. The molecule has 10 nitrogen and oxygen atoms in total. The monoisotopic (exact) mass is 714 g/mol. The third-order valence-electron chi connectivity index (χ3n) is 8.88. The van der Waals surface area contributed by atoms with Crippen molar-refractivity contribution in [3.63, 3.8) is 0 Å². The summed E-state index contributed by atoms with van der Waals surface area (Å²) in [5, 5.41) is 15.8. The van der Waals surface area contributed by atoms with Crippen LogP contribution in [0.5, 0.6) is 11.5 Å². The van der Waals surface area contributed by atoms with E-state index in [0.717, 1.165) is 30.5 Å². The number of nitrogens with zero attached hydrogens (tertiary/aromatic N) is 2. The molecular weight excluding hydrogens is 665 g/mol. The molecule has 3 amide bonds. The van der Waals surface area contributed by atoms with Gasteiger partial charge in [-0.3, -0.25) is 9.69 Å². The lowest BCUT2D eigenvalue weighted by atomic mass is 10.0. The lowest BCUT2D eigenvalue weighted by Gasteiger charge is -2.36. The molecule has 3 aromatic carbocycles. The zero-order valence-corrected chi connectivity index (χ0v) is 29.8. The van der Waals surface area contributed by atoms with Gasteiger partial charge in [0.2, 0.25) is 0 Å². The molecule has 4 rings (SSSR count). The third-order valence-corrected chi connectivity index (χ3v) is 8.88. The summed E-state index contributed by atoms with van der Waals surface area (Å²) in [4.78, 5) is 30.9. The molecule has 0 aromatic heterocycles. The highest BCUT2D eigenvalue weighted by Gasteiger charge is 2.32. The Bertz CT molecular complexity index is 1570. The number of nitrogens with one attached hydrogen (secondary N) is 2. The van der Waals surface area contributed by atoms with Gasteiger partial charge in [-0.1, -0.05) is 19.1 Å². The largest absolute Gasteiger partial charge is 0.497 e. The maximum atomic E-state index is 14.4. The number of hydrogen-bond acceptors (Lipinski definition) is 7. The molecule has 0 bridgehead atoms. The minimum absolute atomic E-state index is 0.194. The molecule has 0 fully saturated rings. The molecule has 13 heteroatoms. The number of urea groups is 1. The van der Waals surface area contributed by atoms with Crippen molar-refractivity contribution < 1.29 is 42.1 Å². The van der Waals surface area contributed by atoms with Crippen LogP contribution in [0.15, 0.2) is 66.7 Å². The van der Waals surface area contributed by atoms with Crippen LogP contribution in [0.25, 0.3) is 0 Å². The van der Waals surface area contributed by atoms with Gasteiger partial charge in [-0.15, -0.1) is 0 Å². The molecular formula is C38H49F3N4O6. The summed E-state index contributed by atoms with van der Waals surface area (Å²) in [5.74, 6) is 0.455. The highest BCUT2D eigenvalue weighted by molar-refractivity contribution is 6.02. The number of halogens is 3. The first-order valence-electron chi connectivity index (χ1n) is 17.2. The molecule has 4 atom stereocenters. The van der Waals surface area contributed by atoms with E-state index in [2.05, 4.69) is 10.6 Å². The van der Waals surface area contributed by atoms with Crippen LogP contribution in [0, 0.1) is 5.92 Å². The first-order chi connectivity index (χ1) is 24.3. The molecule has 0 radical (unpaired) electrons. The second kappa shape index (κ2) is 18.2. The molecule has 0 saturated carbocycles. The van der Waals surface area contributed by atoms with Crippen LogP contribution in [0.2, 0.25) is 0 Å². The lowest BCUT2D eigenvalue weighted by Crippen LogP contribution is -2.47. The Balaban J connectivity index is 1.55. The molecule has 0 aliphatic carbocycles. The Labute approximate surface area is 297 Å². The van der Waals surface area contributed by atoms with Crippen molar-refractivity contribution in [3.05, 3.63) is 83.4 Å². The molecule has 3 N–H and O–H groups in total. The first-order valence-corrected chi connectivity index (χ1v) is 17.2. The molecule has 0 spiro atoms. The summed E-state index contributed by atoms with van der Waals surface area (Å²) >= 11 is 0. The van der Waals surface area contributed by atoms with Gasteiger partial charge in [0.1, 0.15) is 11.5 Å². The standard InChI is InChI=1S/C38H49F3N4O6/c1-25-21-45(26(2)24-46)36(47)33-20-31(43-37(48)42-30-13-16-32(49-5)17-14-30)15-18-34(33)51-27(3)8-6-7-19-50-35(25)23-44(4)22-28-9-11-29(12-10-28)38(39,40)41/h9-18,20,25-27,35,46H,6-8,19,21-24H2,1-5H3,(H2,42,43,48)/t25-,26-,27-,35+/m1/s1. The Morgan fingerprint density at radius 3 is 2.35 bits per heavy atom. The van der Waals surface area contributed by atoms with Crippen molar-refractivity contribution in [3.8, 4) is 11.5 Å². The normalized spacial score (nSPS) is 19.8. The van der Waals surface area contributed by atoms with Gasteiger partial charge in [0.15, 0.2) is 0 Å². The Hall–Kier alpha value is -4.33. The maximum Gasteiger partial charge on any atom is 0.416 e. The van der Waals surface area contributed by atoms with E-state index >= 15 is 0 Å². The van der Waals surface area contributed by atoms with E-state index in [9.17, 15) is 27.9 Å². The SMILES string of the molecule is COc1ccc(NC(=O)Nc2ccc3c(c2)C(=O)N([C@H](C)CO)C[C@@H](C)[C@H](CN(C)Cc2ccc(C(F)(F)F)cc2)OCCCC[C@@H](C)O3)cc1. The van der Waals surface area contributed by atoms with Crippen molar-refractivity contribution >= 4 is 23.3 Å². The van der Waals surface area contributed by atoms with E-state index < -0.39 is 23.8 Å². The molecule has 0 saturated heterocycles. The molecule has 3 aromatic rings. The number of carbonyl (C=O) groups is 2. The molecule has 1 heterocycles. The number of anilines is 2. The quantitative estimate of drug-likeness (QED) is 0.214. The van der Waals surface area contributed by atoms with Gasteiger partial charge in [-0.2, -0.15) is 13.2 Å². The van der Waals surface area contributed by atoms with Crippen LogP contribution < -0.4 is 20.1 Å². The summed E-state index contributed by atoms with van der Waals surface area (Å²) in [6.07, 6.45) is -2.61. The summed E-state index contributed by atoms with van der Waals surface area (Å²) in [7, 11) is 3.44. The summed E-state index contributed by atoms with van der Waals surface area (Å²) in [5.41, 5.74) is 1.21. The second-order valence-electron chi connectivity index (χ2n) is 13.2. The molecule has 1 aliphatic heterocycles. The summed E-state index contributed by atoms with van der Waals surface area (Å²) < 4.78 is 57.1. The third kappa shape index (κ3) is 11.6. The minimum Gasteiger partial charge on any atom is -0.497 e. The number of alkyl halides is 3. The van der Waals surface area contributed by atoms with Crippen molar-refractivity contribution in [2.75, 3.05) is 51.1 Å². The van der Waals surface area contributed by atoms with Gasteiger partial charge in [0, 0.05) is 43.5 Å². The fraction of sp³-hybridized carbons (Fsp3) is 0.474. The molecule has 0 unspecified atom stereocenters. The van der Waals surface area contributed by atoms with Crippen molar-refractivity contribution in [1.82, 2.24) is 9.80 Å². The zero-order chi connectivity index (χ0) is 37.1. The van der Waals surface area contributed by atoms with Crippen molar-refractivity contribution in [2.45, 2.75) is 71.0 Å². The number of ether oxygens (including phenoxy) is 3. The Morgan fingerprint density at radius 2 is 1.71 bits per heavy atom. The van der Waals surface area contributed by atoms with E-state index in [0.29, 0.717) is 49.0 Å². The van der Waals surface area contributed by atoms with Gasteiger partial charge in [0.05, 0.1) is 43.1 Å². The number of carbonyl (C=O) groups excluding carboxylic acids is 2. The molecule has 278 valence electrons. The smallest absolute Gasteiger partial charge is 0.416 e. The summed E-state index contributed by atoms with van der Waals surface area (Å²) in [6, 6.07) is 15.9. The minimum atomic E-state index is -4.40. The summed E-state index contributed by atoms with van der Waals surface area (Å²) in [6.45, 7) is 6.99. The van der Waals surface area contributed by atoms with Crippen molar-refractivity contribution in [2.24, 2.45) is 5.92 Å². The average Bonchev–Trinajstić information content (AvgIpc) is 3.09. The van der Waals surface area contributed by atoms with Crippen molar-refractivity contribution in [1.29, 1.82) is 0 Å². The fourth-order valence-electron chi connectivity index (χ4n) is 5.91. The van der Waals surface area contributed by atoms with E-state index in [1.165, 1.54) is 12.1 Å². The number of rotatable bonds is 9. The van der Waals surface area contributed by atoms with Crippen LogP contribution in [0.3, 0.4) is 0 Å². The van der Waals surface area contributed by atoms with Gasteiger partial charge in [-0.05, 0) is 100 Å². The topological polar surface area (TPSA) is 113 Å². The van der Waals surface area contributed by atoms with Crippen LogP contribution in [-0.4, -0.2) is 85.6 Å². The number of aliphatic hydroxyl groups is 1. The predicted molar refractivity (Wildman–Crippen MR) is 190 cm³/mol. The second-order valence-corrected chi connectivity index (χ2v) is 13.2. The Kier molecular flexibility index (Phi) is 14.1. The molecule has 51 heavy (non-hydrogen) atoms. The fourth-order valence-corrected chi connectivity index (χ4v) is 5.91. The average molecular weight is 715 g/mol. The number of benzene rings is 3. The van der Waals surface area contributed by atoms with E-state index in [1.807, 2.05) is 25.8 Å². The van der Waals surface area contributed by atoms with E-state index in [4.69, 9.17) is 14.2 Å². The van der Waals surface area contributed by atoms with Crippen LogP contribution in [-0.2, 0) is 17.5 Å². The van der Waals surface area contributed by atoms with Gasteiger partial charge < -0.3 is 34.9 Å². The van der Waals surface area contributed by atoms with Crippen LogP contribution >= 0.6 is 0 Å². The Morgan fingerprint density at radius 1 is 1.04 bits per heavy atom. The van der Waals surface area contributed by atoms with E-state index in [-0.39, 0.29) is 42.7 Å². The number of aliphatic hydroxyl groups excluding tert-OH is 1. The maximum absolute atomic E-state index is 14.4. The number of hydrogen-bond donors (Lipinski definition) is 3. The van der Waals surface area contributed by atoms with Gasteiger partial charge >= 0.3 is 12.2 Å². The van der Waals surface area contributed by atoms with Gasteiger partial charge in [0.25, 0.3) is 5.91 Å². The highest BCUT2D eigenvalue weighted by Crippen LogP contribution is 2.30. The number of amides is 3. The lowest BCUT2D eigenvalue weighted by molar-refractivity contribution is -0.137. The zero-order valence-electron chi connectivity index (χ0n) is 29.8. The molecule has 1 aliphatic rings. The van der Waals surface area contributed by atoms with E-state index in [1.54, 1.807) is 61.4 Å². The number of fused-ring (bicyclic) bond motifs is 1. The van der Waals surface area contributed by atoms with Crippen LogP contribution in [0.1, 0.15) is 61.5 Å². The van der Waals surface area contributed by atoms with Crippen LogP contribution in [0.4, 0.5) is 29.3 Å². The first kappa shape index (κ1) is 39.5.